The first-order valence-corrected chi connectivity index (χ1v) is 9.24. The van der Waals surface area contributed by atoms with E-state index in [9.17, 15) is 21.6 Å². The first kappa shape index (κ1) is 20.2. The third-order valence-corrected chi connectivity index (χ3v) is 4.61. The minimum atomic E-state index is -4.46. The maximum absolute atomic E-state index is 12.9. The predicted octanol–water partition coefficient (Wildman–Crippen LogP) is 2.37. The number of nitrogens with zero attached hydrogens (tertiary/aromatic N) is 1. The Morgan fingerprint density at radius 2 is 1.88 bits per heavy atom. The highest BCUT2D eigenvalue weighted by Gasteiger charge is 2.32. The Balaban J connectivity index is 2.09. The fourth-order valence-electron chi connectivity index (χ4n) is 2.11. The molecule has 1 heterocycles. The Hall–Kier alpha value is -2.11. The lowest BCUT2D eigenvalue weighted by molar-refractivity contribution is -0.138. The zero-order valence-electron chi connectivity index (χ0n) is 13.4. The Morgan fingerprint density at radius 3 is 2.38 bits per heavy atom. The fraction of sp³-hybridized carbons (Fsp3) is 0.267. The van der Waals surface area contributed by atoms with E-state index < -0.39 is 22.7 Å². The minimum Gasteiger partial charge on any atom is -0.467 e. The SMILES string of the molecule is NS(=O)(=O)c1ccc(CN(CC(F)(F)F)C(=S)NCc2ccco2)cc1. The molecule has 0 fully saturated rings. The third kappa shape index (κ3) is 6.32. The molecule has 0 saturated heterocycles. The molecule has 3 N–H and O–H groups in total. The standard InChI is InChI=1S/C15H16F3N3O3S2/c16-15(17,18)10-21(14(25)20-8-12-2-1-7-24-12)9-11-3-5-13(6-4-11)26(19,22)23/h1-7H,8-10H2,(H,20,25)(H2,19,22,23). The molecule has 6 nitrogen and oxygen atoms in total. The Bertz CT molecular complexity index is 835. The van der Waals surface area contributed by atoms with Gasteiger partial charge in [0.1, 0.15) is 12.3 Å². The molecular weight excluding hydrogens is 391 g/mol. The first-order chi connectivity index (χ1) is 12.0. The van der Waals surface area contributed by atoms with E-state index in [-0.39, 0.29) is 23.1 Å². The summed E-state index contributed by atoms with van der Waals surface area (Å²) in [6, 6.07) is 8.55. The molecule has 142 valence electrons. The van der Waals surface area contributed by atoms with Crippen LogP contribution < -0.4 is 10.5 Å². The lowest BCUT2D eigenvalue weighted by Gasteiger charge is -2.27. The first-order valence-electron chi connectivity index (χ1n) is 7.28. The molecule has 0 spiro atoms. The number of thiocarbonyl (C=S) groups is 1. The van der Waals surface area contributed by atoms with E-state index in [1.807, 2.05) is 0 Å². The van der Waals surface area contributed by atoms with Gasteiger partial charge in [-0.1, -0.05) is 12.1 Å². The summed E-state index contributed by atoms with van der Waals surface area (Å²) in [7, 11) is -3.87. The van der Waals surface area contributed by atoms with Gasteiger partial charge in [-0.2, -0.15) is 13.2 Å². The van der Waals surface area contributed by atoms with Crippen LogP contribution in [0.15, 0.2) is 52.0 Å². The number of sulfonamides is 1. The Kier molecular flexibility index (Phi) is 6.26. The minimum absolute atomic E-state index is 0.103. The Morgan fingerprint density at radius 1 is 1.23 bits per heavy atom. The molecule has 0 unspecified atom stereocenters. The van der Waals surface area contributed by atoms with Crippen molar-refractivity contribution in [1.29, 1.82) is 0 Å². The second kappa shape index (κ2) is 8.06. The molecule has 2 rings (SSSR count). The molecule has 0 atom stereocenters. The topological polar surface area (TPSA) is 88.6 Å². The van der Waals surface area contributed by atoms with E-state index in [0.29, 0.717) is 11.3 Å². The Labute approximate surface area is 153 Å². The van der Waals surface area contributed by atoms with Crippen LogP contribution in [0.4, 0.5) is 13.2 Å². The zero-order chi connectivity index (χ0) is 19.4. The molecule has 0 aliphatic carbocycles. The van der Waals surface area contributed by atoms with Crippen molar-refractivity contribution in [1.82, 2.24) is 10.2 Å². The molecule has 26 heavy (non-hydrogen) atoms. The van der Waals surface area contributed by atoms with Crippen molar-refractivity contribution >= 4 is 27.4 Å². The number of hydrogen-bond donors (Lipinski definition) is 2. The van der Waals surface area contributed by atoms with Crippen molar-refractivity contribution in [3.63, 3.8) is 0 Å². The predicted molar refractivity (Wildman–Crippen MR) is 92.4 cm³/mol. The van der Waals surface area contributed by atoms with Gasteiger partial charge in [-0.3, -0.25) is 0 Å². The molecule has 0 saturated carbocycles. The van der Waals surface area contributed by atoms with Crippen LogP contribution in [0.25, 0.3) is 0 Å². The second-order valence-corrected chi connectivity index (χ2v) is 7.35. The number of hydrogen-bond acceptors (Lipinski definition) is 4. The summed E-state index contributed by atoms with van der Waals surface area (Å²) in [5.41, 5.74) is 0.448. The molecule has 0 aliphatic rings. The van der Waals surface area contributed by atoms with Crippen molar-refractivity contribution in [2.75, 3.05) is 6.54 Å². The highest BCUT2D eigenvalue weighted by atomic mass is 32.2. The van der Waals surface area contributed by atoms with Crippen LogP contribution in [-0.4, -0.2) is 31.2 Å². The van der Waals surface area contributed by atoms with Crippen molar-refractivity contribution in [3.8, 4) is 0 Å². The van der Waals surface area contributed by atoms with Gasteiger partial charge in [0.2, 0.25) is 10.0 Å². The summed E-state index contributed by atoms with van der Waals surface area (Å²) in [6.07, 6.45) is -3.02. The summed E-state index contributed by atoms with van der Waals surface area (Å²) in [6.45, 7) is -1.27. The van der Waals surface area contributed by atoms with Crippen LogP contribution in [0.5, 0.6) is 0 Å². The normalized spacial score (nSPS) is 12.0. The van der Waals surface area contributed by atoms with Crippen molar-refractivity contribution in [2.45, 2.75) is 24.2 Å². The maximum Gasteiger partial charge on any atom is 0.406 e. The van der Waals surface area contributed by atoms with Gasteiger partial charge in [0.15, 0.2) is 5.11 Å². The van der Waals surface area contributed by atoms with Crippen LogP contribution in [0.1, 0.15) is 11.3 Å². The molecule has 0 aliphatic heterocycles. The van der Waals surface area contributed by atoms with Gasteiger partial charge in [-0.15, -0.1) is 0 Å². The monoisotopic (exact) mass is 407 g/mol. The van der Waals surface area contributed by atoms with Gasteiger partial charge in [-0.25, -0.2) is 13.6 Å². The number of alkyl halides is 3. The highest BCUT2D eigenvalue weighted by Crippen LogP contribution is 2.19. The van der Waals surface area contributed by atoms with Crippen molar-refractivity contribution < 1.29 is 26.0 Å². The fourth-order valence-corrected chi connectivity index (χ4v) is 2.83. The summed E-state index contributed by atoms with van der Waals surface area (Å²) in [5, 5.41) is 7.61. The zero-order valence-corrected chi connectivity index (χ0v) is 15.0. The summed E-state index contributed by atoms with van der Waals surface area (Å²) in [5.74, 6) is 0.525. The number of nitrogens with two attached hydrogens (primary N) is 1. The van der Waals surface area contributed by atoms with Crippen LogP contribution in [0.2, 0.25) is 0 Å². The van der Waals surface area contributed by atoms with Gasteiger partial charge < -0.3 is 14.6 Å². The van der Waals surface area contributed by atoms with Gasteiger partial charge in [-0.05, 0) is 42.0 Å². The molecule has 0 amide bonds. The van der Waals surface area contributed by atoms with E-state index in [1.54, 1.807) is 12.1 Å². The second-order valence-electron chi connectivity index (χ2n) is 5.40. The van der Waals surface area contributed by atoms with Gasteiger partial charge in [0.05, 0.1) is 17.7 Å². The number of halogens is 3. The number of rotatable bonds is 6. The molecule has 1 aromatic carbocycles. The van der Waals surface area contributed by atoms with E-state index >= 15 is 0 Å². The average Bonchev–Trinajstić information content (AvgIpc) is 3.03. The van der Waals surface area contributed by atoms with Crippen LogP contribution >= 0.6 is 12.2 Å². The van der Waals surface area contributed by atoms with Crippen LogP contribution in [-0.2, 0) is 23.1 Å². The molecular formula is C15H16F3N3O3S2. The lowest BCUT2D eigenvalue weighted by Crippen LogP contribution is -2.43. The lowest BCUT2D eigenvalue weighted by atomic mass is 10.2. The summed E-state index contributed by atoms with van der Waals surface area (Å²) in [4.78, 5) is 0.812. The van der Waals surface area contributed by atoms with E-state index in [1.165, 1.54) is 30.5 Å². The largest absolute Gasteiger partial charge is 0.467 e. The maximum atomic E-state index is 12.9. The molecule has 2 aromatic rings. The number of benzene rings is 1. The van der Waals surface area contributed by atoms with Crippen molar-refractivity contribution in [3.05, 3.63) is 54.0 Å². The number of nitrogens with one attached hydrogen (secondary N) is 1. The van der Waals surface area contributed by atoms with E-state index in [4.69, 9.17) is 21.8 Å². The van der Waals surface area contributed by atoms with E-state index in [2.05, 4.69) is 5.32 Å². The smallest absolute Gasteiger partial charge is 0.406 e. The van der Waals surface area contributed by atoms with Gasteiger partial charge in [0, 0.05) is 6.54 Å². The van der Waals surface area contributed by atoms with Crippen LogP contribution in [0, 0.1) is 0 Å². The average molecular weight is 407 g/mol. The van der Waals surface area contributed by atoms with Gasteiger partial charge in [0.25, 0.3) is 0 Å². The van der Waals surface area contributed by atoms with Crippen LogP contribution in [0.3, 0.4) is 0 Å². The number of primary sulfonamides is 1. The molecule has 0 radical (unpaired) electrons. The molecule has 11 heteroatoms. The van der Waals surface area contributed by atoms with E-state index in [0.717, 1.165) is 4.90 Å². The third-order valence-electron chi connectivity index (χ3n) is 3.28. The molecule has 1 aromatic heterocycles. The number of furan rings is 1. The quantitative estimate of drug-likeness (QED) is 0.715. The van der Waals surface area contributed by atoms with Gasteiger partial charge >= 0.3 is 6.18 Å². The summed E-state index contributed by atoms with van der Waals surface area (Å²) >= 11 is 5.06. The summed E-state index contributed by atoms with van der Waals surface area (Å²) < 4.78 is 66.2. The molecule has 0 bridgehead atoms. The highest BCUT2D eigenvalue weighted by molar-refractivity contribution is 7.89. The van der Waals surface area contributed by atoms with Crippen molar-refractivity contribution in [2.24, 2.45) is 5.14 Å².